The Morgan fingerprint density at radius 3 is 2.60 bits per heavy atom. The van der Waals surface area contributed by atoms with Crippen molar-refractivity contribution in [2.24, 2.45) is 0 Å². The van der Waals surface area contributed by atoms with E-state index in [-0.39, 0.29) is 18.4 Å². The number of carbonyl (C=O) groups is 2. The standard InChI is InChI=1S/C20H22N2O3/c1-3-14-4-6-16(7-5-14)20(24)21-17-9-8-15-10-11-22(18(15)12-17)19(23)13-25-2/h4-9,12H,3,10-11,13H2,1-2H3,(H,21,24). The summed E-state index contributed by atoms with van der Waals surface area (Å²) in [6, 6.07) is 13.3. The third kappa shape index (κ3) is 3.72. The van der Waals surface area contributed by atoms with Gasteiger partial charge in [-0.15, -0.1) is 0 Å². The molecule has 2 amide bonds. The predicted molar refractivity (Wildman–Crippen MR) is 98.1 cm³/mol. The van der Waals surface area contributed by atoms with Crippen LogP contribution in [0.2, 0.25) is 0 Å². The summed E-state index contributed by atoms with van der Waals surface area (Å²) in [6.07, 6.45) is 1.76. The first-order chi connectivity index (χ1) is 12.1. The highest BCUT2D eigenvalue weighted by molar-refractivity contribution is 6.05. The molecule has 1 N–H and O–H groups in total. The molecule has 0 bridgehead atoms. The Balaban J connectivity index is 1.76. The highest BCUT2D eigenvalue weighted by atomic mass is 16.5. The Hall–Kier alpha value is -2.66. The van der Waals surface area contributed by atoms with E-state index in [4.69, 9.17) is 4.74 Å². The van der Waals surface area contributed by atoms with Crippen molar-refractivity contribution in [1.29, 1.82) is 0 Å². The van der Waals surface area contributed by atoms with Crippen LogP contribution in [0.5, 0.6) is 0 Å². The molecule has 1 heterocycles. The summed E-state index contributed by atoms with van der Waals surface area (Å²) in [6.45, 7) is 2.78. The Bertz CT molecular complexity index is 784. The van der Waals surface area contributed by atoms with E-state index in [0.717, 1.165) is 24.1 Å². The molecule has 0 radical (unpaired) electrons. The minimum absolute atomic E-state index is 0.0554. The second-order valence-corrected chi connectivity index (χ2v) is 6.08. The number of aryl methyl sites for hydroxylation is 1. The van der Waals surface area contributed by atoms with Crippen LogP contribution < -0.4 is 10.2 Å². The van der Waals surface area contributed by atoms with Gasteiger partial charge in [-0.2, -0.15) is 0 Å². The molecular weight excluding hydrogens is 316 g/mol. The van der Waals surface area contributed by atoms with Crippen LogP contribution in [0.25, 0.3) is 0 Å². The van der Waals surface area contributed by atoms with Gasteiger partial charge in [-0.05, 0) is 48.2 Å². The number of rotatable bonds is 5. The largest absolute Gasteiger partial charge is 0.375 e. The van der Waals surface area contributed by atoms with Gasteiger partial charge < -0.3 is 15.0 Å². The molecule has 0 fully saturated rings. The van der Waals surface area contributed by atoms with Crippen molar-refractivity contribution in [3.63, 3.8) is 0 Å². The van der Waals surface area contributed by atoms with Crippen LogP contribution in [-0.4, -0.2) is 32.1 Å². The zero-order valence-corrected chi connectivity index (χ0v) is 14.5. The fraction of sp³-hybridized carbons (Fsp3) is 0.300. The van der Waals surface area contributed by atoms with E-state index in [1.807, 2.05) is 42.5 Å². The highest BCUT2D eigenvalue weighted by Gasteiger charge is 2.24. The Labute approximate surface area is 147 Å². The molecule has 25 heavy (non-hydrogen) atoms. The Morgan fingerprint density at radius 2 is 1.92 bits per heavy atom. The summed E-state index contributed by atoms with van der Waals surface area (Å²) in [7, 11) is 1.51. The number of hydrogen-bond acceptors (Lipinski definition) is 3. The molecule has 5 heteroatoms. The first-order valence-electron chi connectivity index (χ1n) is 8.45. The fourth-order valence-electron chi connectivity index (χ4n) is 3.01. The number of methoxy groups -OCH3 is 1. The molecule has 130 valence electrons. The Morgan fingerprint density at radius 1 is 1.16 bits per heavy atom. The van der Waals surface area contributed by atoms with Gasteiger partial charge in [0.05, 0.1) is 0 Å². The molecule has 0 aromatic heterocycles. The van der Waals surface area contributed by atoms with Crippen molar-refractivity contribution >= 4 is 23.2 Å². The Kier molecular flexibility index (Phi) is 5.14. The molecular formula is C20H22N2O3. The highest BCUT2D eigenvalue weighted by Crippen LogP contribution is 2.31. The van der Waals surface area contributed by atoms with Gasteiger partial charge >= 0.3 is 0 Å². The summed E-state index contributed by atoms with van der Waals surface area (Å²) in [5, 5.41) is 2.91. The SMILES string of the molecule is CCc1ccc(C(=O)Nc2ccc3c(c2)N(C(=O)COC)CC3)cc1. The zero-order chi connectivity index (χ0) is 17.8. The van der Waals surface area contributed by atoms with Crippen molar-refractivity contribution in [2.45, 2.75) is 19.8 Å². The molecule has 5 nitrogen and oxygen atoms in total. The molecule has 0 aliphatic carbocycles. The second kappa shape index (κ2) is 7.49. The maximum absolute atomic E-state index is 12.4. The van der Waals surface area contributed by atoms with Gasteiger partial charge in [0.25, 0.3) is 11.8 Å². The van der Waals surface area contributed by atoms with Gasteiger partial charge in [0.2, 0.25) is 0 Å². The maximum atomic E-state index is 12.4. The summed E-state index contributed by atoms with van der Waals surface area (Å²) < 4.78 is 4.94. The topological polar surface area (TPSA) is 58.6 Å². The number of fused-ring (bicyclic) bond motifs is 1. The third-order valence-electron chi connectivity index (χ3n) is 4.43. The van der Waals surface area contributed by atoms with Crippen molar-refractivity contribution in [2.75, 3.05) is 30.5 Å². The van der Waals surface area contributed by atoms with Crippen molar-refractivity contribution in [3.8, 4) is 0 Å². The monoisotopic (exact) mass is 338 g/mol. The van der Waals surface area contributed by atoms with E-state index in [0.29, 0.717) is 17.8 Å². The van der Waals surface area contributed by atoms with Gasteiger partial charge in [0.1, 0.15) is 6.61 Å². The zero-order valence-electron chi connectivity index (χ0n) is 14.5. The van der Waals surface area contributed by atoms with E-state index < -0.39 is 0 Å². The molecule has 0 spiro atoms. The maximum Gasteiger partial charge on any atom is 0.255 e. The number of amides is 2. The van der Waals surface area contributed by atoms with Crippen LogP contribution in [0.15, 0.2) is 42.5 Å². The van der Waals surface area contributed by atoms with Crippen LogP contribution in [0.3, 0.4) is 0 Å². The summed E-state index contributed by atoms with van der Waals surface area (Å²) in [5.74, 6) is -0.227. The lowest BCUT2D eigenvalue weighted by Gasteiger charge is -2.17. The predicted octanol–water partition coefficient (Wildman–Crippen LogP) is 3.04. The average Bonchev–Trinajstić information content (AvgIpc) is 3.05. The van der Waals surface area contributed by atoms with Crippen LogP contribution >= 0.6 is 0 Å². The van der Waals surface area contributed by atoms with E-state index in [1.54, 1.807) is 4.90 Å². The van der Waals surface area contributed by atoms with E-state index >= 15 is 0 Å². The summed E-state index contributed by atoms with van der Waals surface area (Å²) >= 11 is 0. The number of carbonyl (C=O) groups excluding carboxylic acids is 2. The minimum Gasteiger partial charge on any atom is -0.375 e. The number of hydrogen-bond donors (Lipinski definition) is 1. The summed E-state index contributed by atoms with van der Waals surface area (Å²) in [5.41, 5.74) is 4.45. The number of nitrogens with one attached hydrogen (secondary N) is 1. The van der Waals surface area contributed by atoms with Crippen molar-refractivity contribution in [3.05, 3.63) is 59.2 Å². The quantitative estimate of drug-likeness (QED) is 0.912. The lowest BCUT2D eigenvalue weighted by Crippen LogP contribution is -2.32. The van der Waals surface area contributed by atoms with E-state index in [2.05, 4.69) is 12.2 Å². The first kappa shape index (κ1) is 17.2. The van der Waals surface area contributed by atoms with Crippen LogP contribution in [-0.2, 0) is 22.4 Å². The molecule has 0 atom stereocenters. The second-order valence-electron chi connectivity index (χ2n) is 6.08. The average molecular weight is 338 g/mol. The van der Waals surface area contributed by atoms with Crippen molar-refractivity contribution in [1.82, 2.24) is 0 Å². The number of benzene rings is 2. The van der Waals surface area contributed by atoms with Crippen LogP contribution in [0, 0.1) is 0 Å². The van der Waals surface area contributed by atoms with Crippen LogP contribution in [0.4, 0.5) is 11.4 Å². The minimum atomic E-state index is -0.157. The molecule has 2 aromatic rings. The molecule has 0 saturated carbocycles. The fourth-order valence-corrected chi connectivity index (χ4v) is 3.01. The number of anilines is 2. The van der Waals surface area contributed by atoms with Gasteiger partial charge in [0.15, 0.2) is 0 Å². The van der Waals surface area contributed by atoms with E-state index in [9.17, 15) is 9.59 Å². The first-order valence-corrected chi connectivity index (χ1v) is 8.45. The molecule has 2 aromatic carbocycles. The van der Waals surface area contributed by atoms with Crippen LogP contribution in [0.1, 0.15) is 28.4 Å². The third-order valence-corrected chi connectivity index (χ3v) is 4.43. The molecule has 1 aliphatic rings. The normalized spacial score (nSPS) is 12.8. The lowest BCUT2D eigenvalue weighted by molar-refractivity contribution is -0.122. The number of ether oxygens (including phenoxy) is 1. The van der Waals surface area contributed by atoms with Crippen molar-refractivity contribution < 1.29 is 14.3 Å². The molecule has 3 rings (SSSR count). The van der Waals surface area contributed by atoms with Gasteiger partial charge in [-0.25, -0.2) is 0 Å². The van der Waals surface area contributed by atoms with E-state index in [1.165, 1.54) is 12.7 Å². The molecule has 1 aliphatic heterocycles. The smallest absolute Gasteiger partial charge is 0.255 e. The van der Waals surface area contributed by atoms with Gasteiger partial charge in [-0.3, -0.25) is 9.59 Å². The van der Waals surface area contributed by atoms with Gasteiger partial charge in [-0.1, -0.05) is 25.1 Å². The molecule has 0 saturated heterocycles. The number of nitrogens with zero attached hydrogens (tertiary/aromatic N) is 1. The van der Waals surface area contributed by atoms with Gasteiger partial charge in [0, 0.05) is 30.6 Å². The summed E-state index contributed by atoms with van der Waals surface area (Å²) in [4.78, 5) is 26.3. The molecule has 0 unspecified atom stereocenters. The lowest BCUT2D eigenvalue weighted by atomic mass is 10.1.